The Bertz CT molecular complexity index is 1260. The fourth-order valence-corrected chi connectivity index (χ4v) is 4.09. The van der Waals surface area contributed by atoms with Gasteiger partial charge in [-0.1, -0.05) is 6.07 Å². The van der Waals surface area contributed by atoms with E-state index in [1.807, 2.05) is 0 Å². The van der Waals surface area contributed by atoms with E-state index in [2.05, 4.69) is 35.2 Å². The van der Waals surface area contributed by atoms with Crippen molar-refractivity contribution >= 4 is 33.8 Å². The molecule has 0 atom stereocenters. The molecule has 3 rings (SSSR count). The molecule has 0 fully saturated rings. The summed E-state index contributed by atoms with van der Waals surface area (Å²) in [5, 5.41) is 7.67. The second kappa shape index (κ2) is 9.47. The Morgan fingerprint density at radius 3 is 2.30 bits per heavy atom. The van der Waals surface area contributed by atoms with E-state index in [0.29, 0.717) is 4.31 Å². The molecule has 2 N–H and O–H groups in total. The summed E-state index contributed by atoms with van der Waals surface area (Å²) in [6, 6.07) is 4.43. The second-order valence-electron chi connectivity index (χ2n) is 6.18. The first-order chi connectivity index (χ1) is 15.7. The standard InChI is InChI=1S/C18H19N7O7S/c1-10-14(16(26)32-4)15(24-23-10)33(28,29)25(11-7-5-6-8-19-11)18(27)22-17-20-12(30-2)9-13(21-17)31-3/h5-9H,1-4H3,(H,23,24)(H,20,21,22,27). The van der Waals surface area contributed by atoms with Crippen LogP contribution in [0, 0.1) is 6.92 Å². The van der Waals surface area contributed by atoms with Gasteiger partial charge in [0.1, 0.15) is 5.56 Å². The number of anilines is 2. The minimum absolute atomic E-state index is 0.0558. The SMILES string of the molecule is COC(=O)c1c(S(=O)(=O)N(C(=O)Nc2nc(OC)cc(OC)n2)c2ccccn2)n[nH]c1C. The molecule has 0 radical (unpaired) electrons. The lowest BCUT2D eigenvalue weighted by Gasteiger charge is -2.21. The van der Waals surface area contributed by atoms with Gasteiger partial charge < -0.3 is 14.2 Å². The third kappa shape index (κ3) is 4.67. The number of hydrogen-bond acceptors (Lipinski definition) is 11. The number of aromatic amines is 1. The van der Waals surface area contributed by atoms with Crippen LogP contribution >= 0.6 is 0 Å². The Hall–Kier alpha value is -4.27. The minimum atomic E-state index is -4.77. The number of aryl methyl sites for hydroxylation is 1. The van der Waals surface area contributed by atoms with E-state index < -0.39 is 27.0 Å². The molecule has 3 heterocycles. The monoisotopic (exact) mass is 477 g/mol. The van der Waals surface area contributed by atoms with Crippen molar-refractivity contribution in [3.05, 3.63) is 41.7 Å². The quantitative estimate of drug-likeness (QED) is 0.466. The van der Waals surface area contributed by atoms with Crippen LogP contribution in [0.5, 0.6) is 11.8 Å². The maximum Gasteiger partial charge on any atom is 0.344 e. The third-order valence-corrected chi connectivity index (χ3v) is 5.76. The van der Waals surface area contributed by atoms with Gasteiger partial charge in [-0.15, -0.1) is 0 Å². The van der Waals surface area contributed by atoms with Gasteiger partial charge in [-0.25, -0.2) is 14.6 Å². The van der Waals surface area contributed by atoms with Gasteiger partial charge in [0.25, 0.3) is 10.0 Å². The van der Waals surface area contributed by atoms with Gasteiger partial charge in [0.05, 0.1) is 27.4 Å². The number of esters is 1. The lowest BCUT2D eigenvalue weighted by molar-refractivity contribution is 0.0595. The molecule has 174 valence electrons. The van der Waals surface area contributed by atoms with E-state index in [4.69, 9.17) is 9.47 Å². The molecule has 0 aromatic carbocycles. The first kappa shape index (κ1) is 23.4. The number of ether oxygens (including phenoxy) is 3. The van der Waals surface area contributed by atoms with Gasteiger partial charge in [-0.2, -0.15) is 27.8 Å². The third-order valence-electron chi connectivity index (χ3n) is 4.15. The number of rotatable bonds is 7. The van der Waals surface area contributed by atoms with Crippen LogP contribution < -0.4 is 19.1 Å². The van der Waals surface area contributed by atoms with Crippen molar-refractivity contribution in [3.8, 4) is 11.8 Å². The molecule has 0 aliphatic heterocycles. The molecule has 0 aliphatic carbocycles. The van der Waals surface area contributed by atoms with Gasteiger partial charge in [0.2, 0.25) is 22.7 Å². The zero-order valence-corrected chi connectivity index (χ0v) is 18.7. The fraction of sp³-hybridized carbons (Fsp3) is 0.222. The number of carbonyl (C=O) groups is 2. The zero-order chi connectivity index (χ0) is 24.2. The average Bonchev–Trinajstić information content (AvgIpc) is 3.21. The Labute approximate surface area is 188 Å². The molecular weight excluding hydrogens is 458 g/mol. The highest BCUT2D eigenvalue weighted by molar-refractivity contribution is 7.93. The first-order valence-electron chi connectivity index (χ1n) is 9.10. The summed E-state index contributed by atoms with van der Waals surface area (Å²) < 4.78 is 42.1. The lowest BCUT2D eigenvalue weighted by atomic mass is 10.3. The number of methoxy groups -OCH3 is 3. The molecule has 3 aromatic heterocycles. The summed E-state index contributed by atoms with van der Waals surface area (Å²) in [5.74, 6) is -1.43. The van der Waals surface area contributed by atoms with E-state index in [0.717, 1.165) is 7.11 Å². The van der Waals surface area contributed by atoms with Gasteiger partial charge in [-0.05, 0) is 19.1 Å². The Morgan fingerprint density at radius 1 is 1.09 bits per heavy atom. The molecule has 0 bridgehead atoms. The highest BCUT2D eigenvalue weighted by Crippen LogP contribution is 2.26. The summed E-state index contributed by atoms with van der Waals surface area (Å²) in [4.78, 5) is 37.2. The Balaban J connectivity index is 2.11. The van der Waals surface area contributed by atoms with E-state index >= 15 is 0 Å². The molecule has 0 spiro atoms. The molecule has 3 aromatic rings. The van der Waals surface area contributed by atoms with Crippen molar-refractivity contribution in [2.45, 2.75) is 11.9 Å². The van der Waals surface area contributed by atoms with Crippen molar-refractivity contribution in [2.75, 3.05) is 31.0 Å². The van der Waals surface area contributed by atoms with Crippen molar-refractivity contribution in [2.24, 2.45) is 0 Å². The first-order valence-corrected chi connectivity index (χ1v) is 10.5. The number of nitrogens with zero attached hydrogens (tertiary/aromatic N) is 5. The largest absolute Gasteiger partial charge is 0.481 e. The Morgan fingerprint density at radius 2 is 1.76 bits per heavy atom. The number of pyridine rings is 1. The predicted octanol–water partition coefficient (Wildman–Crippen LogP) is 1.13. The van der Waals surface area contributed by atoms with E-state index in [9.17, 15) is 18.0 Å². The number of amides is 2. The number of nitrogens with one attached hydrogen (secondary N) is 2. The summed E-state index contributed by atoms with van der Waals surface area (Å²) >= 11 is 0. The highest BCUT2D eigenvalue weighted by Gasteiger charge is 2.39. The van der Waals surface area contributed by atoms with Crippen LogP contribution in [-0.4, -0.2) is 66.9 Å². The highest BCUT2D eigenvalue weighted by atomic mass is 32.2. The normalized spacial score (nSPS) is 10.9. The molecule has 33 heavy (non-hydrogen) atoms. The number of hydrogen-bond donors (Lipinski definition) is 2. The maximum atomic E-state index is 13.5. The van der Waals surface area contributed by atoms with Crippen LogP contribution in [0.25, 0.3) is 0 Å². The topological polar surface area (TPSA) is 179 Å². The Kier molecular flexibility index (Phi) is 6.72. The van der Waals surface area contributed by atoms with Gasteiger partial charge in [0.15, 0.2) is 5.82 Å². The van der Waals surface area contributed by atoms with Crippen molar-refractivity contribution < 1.29 is 32.2 Å². The number of carbonyl (C=O) groups excluding carboxylic acids is 2. The predicted molar refractivity (Wildman–Crippen MR) is 113 cm³/mol. The summed E-state index contributed by atoms with van der Waals surface area (Å²) in [6.07, 6.45) is 1.28. The van der Waals surface area contributed by atoms with E-state index in [1.165, 1.54) is 51.6 Å². The molecule has 14 nitrogen and oxygen atoms in total. The number of aromatic nitrogens is 5. The maximum absolute atomic E-state index is 13.5. The molecular formula is C18H19N7O7S. The summed E-state index contributed by atoms with van der Waals surface area (Å²) in [7, 11) is -1.01. The minimum Gasteiger partial charge on any atom is -0.481 e. The van der Waals surface area contributed by atoms with Crippen LogP contribution in [-0.2, 0) is 14.8 Å². The van der Waals surface area contributed by atoms with Crippen molar-refractivity contribution in [3.63, 3.8) is 0 Å². The number of urea groups is 1. The fourth-order valence-electron chi connectivity index (χ4n) is 2.65. The summed E-state index contributed by atoms with van der Waals surface area (Å²) in [5.41, 5.74) is -0.229. The van der Waals surface area contributed by atoms with Gasteiger partial charge in [0, 0.05) is 11.9 Å². The zero-order valence-electron chi connectivity index (χ0n) is 17.9. The molecule has 0 unspecified atom stereocenters. The van der Waals surface area contributed by atoms with Gasteiger partial charge >= 0.3 is 12.0 Å². The van der Waals surface area contributed by atoms with Crippen molar-refractivity contribution in [1.29, 1.82) is 0 Å². The van der Waals surface area contributed by atoms with Crippen LogP contribution in [0.2, 0.25) is 0 Å². The van der Waals surface area contributed by atoms with Crippen LogP contribution in [0.1, 0.15) is 16.1 Å². The number of H-pyrrole nitrogens is 1. The van der Waals surface area contributed by atoms with Crippen molar-refractivity contribution in [1.82, 2.24) is 25.1 Å². The second-order valence-corrected chi connectivity index (χ2v) is 7.89. The molecule has 0 saturated carbocycles. The number of sulfonamides is 1. The van der Waals surface area contributed by atoms with Crippen LogP contribution in [0.15, 0.2) is 35.5 Å². The van der Waals surface area contributed by atoms with Gasteiger partial charge in [-0.3, -0.25) is 10.4 Å². The molecule has 15 heteroatoms. The molecule has 0 saturated heterocycles. The lowest BCUT2D eigenvalue weighted by Crippen LogP contribution is -2.41. The van der Waals surface area contributed by atoms with Crippen LogP contribution in [0.4, 0.5) is 16.6 Å². The molecule has 0 aliphatic rings. The molecule has 2 amide bonds. The van der Waals surface area contributed by atoms with E-state index in [1.54, 1.807) is 0 Å². The van der Waals surface area contributed by atoms with E-state index in [-0.39, 0.29) is 34.8 Å². The summed E-state index contributed by atoms with van der Waals surface area (Å²) in [6.45, 7) is 1.43. The average molecular weight is 477 g/mol. The van der Waals surface area contributed by atoms with Crippen LogP contribution in [0.3, 0.4) is 0 Å². The smallest absolute Gasteiger partial charge is 0.344 e.